The van der Waals surface area contributed by atoms with Crippen LogP contribution in [0.1, 0.15) is 55.6 Å². The highest BCUT2D eigenvalue weighted by atomic mass is 16.2. The van der Waals surface area contributed by atoms with Crippen LogP contribution in [0.15, 0.2) is 24.3 Å². The molecule has 1 amide bonds. The minimum atomic E-state index is -0.189. The smallest absolute Gasteiger partial charge is 0.293 e. The number of aromatic nitrogens is 3. The summed E-state index contributed by atoms with van der Waals surface area (Å²) in [6.45, 7) is 11.3. The Bertz CT molecular complexity index is 748. The van der Waals surface area contributed by atoms with E-state index in [4.69, 9.17) is 5.73 Å². The summed E-state index contributed by atoms with van der Waals surface area (Å²) in [7, 11) is 1.76. The van der Waals surface area contributed by atoms with Crippen molar-refractivity contribution in [3.8, 4) is 5.69 Å². The summed E-state index contributed by atoms with van der Waals surface area (Å²) in [6.07, 6.45) is 0. The van der Waals surface area contributed by atoms with E-state index >= 15 is 0 Å². The minimum absolute atomic E-state index is 0.147. The Morgan fingerprint density at radius 2 is 1.96 bits per heavy atom. The van der Waals surface area contributed by atoms with Crippen LogP contribution in [-0.2, 0) is 0 Å². The molecular weight excluding hydrogens is 314 g/mol. The van der Waals surface area contributed by atoms with Gasteiger partial charge < -0.3 is 10.6 Å². The Kier molecular flexibility index (Phi) is 5.62. The zero-order valence-corrected chi connectivity index (χ0v) is 16.1. The molecule has 2 aromatic rings. The van der Waals surface area contributed by atoms with E-state index in [1.807, 2.05) is 39.0 Å². The lowest BCUT2D eigenvalue weighted by Gasteiger charge is -2.28. The van der Waals surface area contributed by atoms with Gasteiger partial charge in [0.1, 0.15) is 5.82 Å². The molecule has 0 radical (unpaired) electrons. The van der Waals surface area contributed by atoms with Crippen molar-refractivity contribution in [1.82, 2.24) is 19.7 Å². The van der Waals surface area contributed by atoms with Crippen molar-refractivity contribution in [2.24, 2.45) is 11.1 Å². The molecule has 0 aliphatic rings. The van der Waals surface area contributed by atoms with Crippen LogP contribution in [0.2, 0.25) is 0 Å². The summed E-state index contributed by atoms with van der Waals surface area (Å²) < 4.78 is 1.75. The van der Waals surface area contributed by atoms with Gasteiger partial charge in [-0.2, -0.15) is 0 Å². The van der Waals surface area contributed by atoms with Gasteiger partial charge in [0.25, 0.3) is 5.91 Å². The van der Waals surface area contributed by atoms with Crippen LogP contribution in [0.3, 0.4) is 0 Å². The summed E-state index contributed by atoms with van der Waals surface area (Å²) in [6, 6.07) is 8.07. The third kappa shape index (κ3) is 4.25. The van der Waals surface area contributed by atoms with Gasteiger partial charge in [0.15, 0.2) is 0 Å². The van der Waals surface area contributed by atoms with Crippen LogP contribution in [0.4, 0.5) is 0 Å². The fraction of sp³-hybridized carbons (Fsp3) is 0.526. The number of hydrogen-bond donors (Lipinski definition) is 1. The lowest BCUT2D eigenvalue weighted by molar-refractivity contribution is 0.0728. The average molecular weight is 343 g/mol. The van der Waals surface area contributed by atoms with Crippen molar-refractivity contribution in [1.29, 1.82) is 0 Å². The highest BCUT2D eigenvalue weighted by molar-refractivity contribution is 5.90. The monoisotopic (exact) mass is 343 g/mol. The van der Waals surface area contributed by atoms with Crippen molar-refractivity contribution in [2.45, 2.75) is 40.5 Å². The highest BCUT2D eigenvalue weighted by Crippen LogP contribution is 2.23. The number of benzene rings is 1. The Morgan fingerprint density at radius 3 is 2.56 bits per heavy atom. The van der Waals surface area contributed by atoms with Gasteiger partial charge in [0.05, 0.1) is 5.69 Å². The molecule has 1 aromatic heterocycles. The van der Waals surface area contributed by atoms with Crippen LogP contribution < -0.4 is 5.73 Å². The molecule has 0 fully saturated rings. The fourth-order valence-corrected chi connectivity index (χ4v) is 2.83. The molecule has 0 saturated carbocycles. The Balaban J connectivity index is 2.33. The van der Waals surface area contributed by atoms with Crippen LogP contribution in [-0.4, -0.2) is 45.7 Å². The number of amides is 1. The standard InChI is InChI=1S/C19H29N5O/c1-13(2)15-9-7-8-10-16(15)24-14(3)21-17(22-24)18(25)23(6)12-19(4,5)11-20/h7-10,13H,11-12,20H2,1-6H3. The normalized spacial score (nSPS) is 11.8. The zero-order valence-electron chi connectivity index (χ0n) is 16.1. The molecule has 0 aliphatic heterocycles. The lowest BCUT2D eigenvalue weighted by Crippen LogP contribution is -2.40. The molecule has 1 aromatic carbocycles. The molecule has 0 atom stereocenters. The van der Waals surface area contributed by atoms with Gasteiger partial charge in [0.2, 0.25) is 5.82 Å². The summed E-state index contributed by atoms with van der Waals surface area (Å²) >= 11 is 0. The molecule has 0 bridgehead atoms. The van der Waals surface area contributed by atoms with E-state index in [0.717, 1.165) is 5.69 Å². The van der Waals surface area contributed by atoms with Crippen molar-refractivity contribution in [3.05, 3.63) is 41.5 Å². The van der Waals surface area contributed by atoms with Gasteiger partial charge >= 0.3 is 0 Å². The summed E-state index contributed by atoms with van der Waals surface area (Å²) in [4.78, 5) is 18.7. The van der Waals surface area contributed by atoms with Gasteiger partial charge in [-0.3, -0.25) is 4.79 Å². The third-order valence-electron chi connectivity index (χ3n) is 4.31. The predicted molar refractivity (Wildman–Crippen MR) is 100.0 cm³/mol. The van der Waals surface area contributed by atoms with Gasteiger partial charge in [-0.15, -0.1) is 5.10 Å². The van der Waals surface area contributed by atoms with E-state index in [-0.39, 0.29) is 17.1 Å². The van der Waals surface area contributed by atoms with Crippen LogP contribution in [0.5, 0.6) is 0 Å². The molecule has 0 aliphatic carbocycles. The molecule has 1 heterocycles. The Morgan fingerprint density at radius 1 is 1.32 bits per heavy atom. The second-order valence-electron chi connectivity index (χ2n) is 7.64. The lowest BCUT2D eigenvalue weighted by atomic mass is 9.93. The molecule has 0 spiro atoms. The SMILES string of the molecule is Cc1nc(C(=O)N(C)CC(C)(C)CN)nn1-c1ccccc1C(C)C. The second kappa shape index (κ2) is 7.35. The third-order valence-corrected chi connectivity index (χ3v) is 4.31. The molecule has 6 heteroatoms. The van der Waals surface area contributed by atoms with E-state index in [0.29, 0.717) is 24.8 Å². The van der Waals surface area contributed by atoms with Gasteiger partial charge in [-0.1, -0.05) is 45.9 Å². The van der Waals surface area contributed by atoms with Crippen LogP contribution in [0, 0.1) is 12.3 Å². The number of rotatable bonds is 6. The van der Waals surface area contributed by atoms with E-state index in [9.17, 15) is 4.79 Å². The first kappa shape index (κ1) is 19.1. The predicted octanol–water partition coefficient (Wildman–Crippen LogP) is 2.76. The molecule has 0 saturated heterocycles. The first-order valence-corrected chi connectivity index (χ1v) is 8.65. The molecule has 0 unspecified atom stereocenters. The minimum Gasteiger partial charge on any atom is -0.338 e. The molecule has 136 valence electrons. The maximum absolute atomic E-state index is 12.7. The fourth-order valence-electron chi connectivity index (χ4n) is 2.83. The van der Waals surface area contributed by atoms with Crippen molar-refractivity contribution in [3.63, 3.8) is 0 Å². The van der Waals surface area contributed by atoms with Crippen LogP contribution >= 0.6 is 0 Å². The number of nitrogens with zero attached hydrogens (tertiary/aromatic N) is 4. The number of para-hydroxylation sites is 1. The molecular formula is C19H29N5O. The second-order valence-corrected chi connectivity index (χ2v) is 7.64. The number of carbonyl (C=O) groups is 1. The topological polar surface area (TPSA) is 77.0 Å². The number of aryl methyl sites for hydroxylation is 1. The quantitative estimate of drug-likeness (QED) is 0.875. The van der Waals surface area contributed by atoms with E-state index in [1.54, 1.807) is 16.6 Å². The van der Waals surface area contributed by atoms with Gasteiger partial charge in [-0.05, 0) is 36.4 Å². The van der Waals surface area contributed by atoms with Crippen LogP contribution in [0.25, 0.3) is 5.69 Å². The number of nitrogens with two attached hydrogens (primary N) is 1. The van der Waals surface area contributed by atoms with Crippen molar-refractivity contribution >= 4 is 5.91 Å². The summed E-state index contributed by atoms with van der Waals surface area (Å²) in [5.41, 5.74) is 7.76. The first-order chi connectivity index (χ1) is 11.7. The number of carbonyl (C=O) groups excluding carboxylic acids is 1. The van der Waals surface area contributed by atoms with Gasteiger partial charge in [-0.25, -0.2) is 9.67 Å². The van der Waals surface area contributed by atoms with E-state index in [1.165, 1.54) is 5.56 Å². The largest absolute Gasteiger partial charge is 0.338 e. The average Bonchev–Trinajstić information content (AvgIpc) is 2.95. The van der Waals surface area contributed by atoms with E-state index in [2.05, 4.69) is 30.0 Å². The maximum atomic E-state index is 12.7. The van der Waals surface area contributed by atoms with E-state index < -0.39 is 0 Å². The molecule has 25 heavy (non-hydrogen) atoms. The maximum Gasteiger partial charge on any atom is 0.293 e. The zero-order chi connectivity index (χ0) is 18.8. The Hall–Kier alpha value is -2.21. The molecule has 2 rings (SSSR count). The van der Waals surface area contributed by atoms with Crippen molar-refractivity contribution in [2.75, 3.05) is 20.1 Å². The highest BCUT2D eigenvalue weighted by Gasteiger charge is 2.25. The molecule has 2 N–H and O–H groups in total. The van der Waals surface area contributed by atoms with Crippen molar-refractivity contribution < 1.29 is 4.79 Å². The summed E-state index contributed by atoms with van der Waals surface area (Å²) in [5, 5.41) is 4.48. The summed E-state index contributed by atoms with van der Waals surface area (Å²) in [5.74, 6) is 1.08. The van der Waals surface area contributed by atoms with Gasteiger partial charge in [0, 0.05) is 13.6 Å². The molecule has 6 nitrogen and oxygen atoms in total. The first-order valence-electron chi connectivity index (χ1n) is 8.65. The Labute approximate surface area is 150 Å². The number of hydrogen-bond acceptors (Lipinski definition) is 4.